The maximum absolute atomic E-state index is 6.48. The van der Waals surface area contributed by atoms with Gasteiger partial charge in [-0.2, -0.15) is 0 Å². The summed E-state index contributed by atoms with van der Waals surface area (Å²) >= 11 is 0. The van der Waals surface area contributed by atoms with Crippen molar-refractivity contribution in [2.45, 2.75) is 64.0 Å². The lowest BCUT2D eigenvalue weighted by molar-refractivity contribution is -0.00189. The Balaban J connectivity index is 1.82. The molecule has 1 aromatic carbocycles. The Morgan fingerprint density at radius 3 is 2.73 bits per heavy atom. The molecule has 1 aliphatic carbocycles. The molecule has 3 rings (SSSR count). The van der Waals surface area contributed by atoms with Crippen LogP contribution >= 0.6 is 0 Å². The van der Waals surface area contributed by atoms with E-state index in [1.54, 1.807) is 0 Å². The molecule has 1 atom stereocenters. The van der Waals surface area contributed by atoms with Crippen LogP contribution < -0.4 is 14.8 Å². The number of hydrogen-bond donors (Lipinski definition) is 1. The highest BCUT2D eigenvalue weighted by Gasteiger charge is 2.41. The number of ether oxygens (including phenoxy) is 2. The van der Waals surface area contributed by atoms with E-state index in [-0.39, 0.29) is 5.60 Å². The zero-order valence-corrected chi connectivity index (χ0v) is 14.2. The fourth-order valence-corrected chi connectivity index (χ4v) is 3.76. The van der Waals surface area contributed by atoms with Gasteiger partial charge in [-0.05, 0) is 56.8 Å². The molecule has 22 heavy (non-hydrogen) atoms. The molecule has 1 heterocycles. The Labute approximate surface area is 134 Å². The molecule has 0 amide bonds. The monoisotopic (exact) mass is 303 g/mol. The second-order valence-corrected chi connectivity index (χ2v) is 7.30. The molecular formula is C19H29NO2. The lowest BCUT2D eigenvalue weighted by atomic mass is 9.77. The summed E-state index contributed by atoms with van der Waals surface area (Å²) < 4.78 is 12.4. The quantitative estimate of drug-likeness (QED) is 0.890. The van der Waals surface area contributed by atoms with Gasteiger partial charge in [0.15, 0.2) is 0 Å². The molecule has 0 saturated heterocycles. The Morgan fingerprint density at radius 2 is 2.05 bits per heavy atom. The highest BCUT2D eigenvalue weighted by molar-refractivity contribution is 5.44. The van der Waals surface area contributed by atoms with Gasteiger partial charge in [-0.3, -0.25) is 0 Å². The van der Waals surface area contributed by atoms with Gasteiger partial charge in [-0.15, -0.1) is 0 Å². The van der Waals surface area contributed by atoms with E-state index >= 15 is 0 Å². The van der Waals surface area contributed by atoms with Gasteiger partial charge in [0.05, 0.1) is 6.61 Å². The van der Waals surface area contributed by atoms with E-state index in [4.69, 9.17) is 9.47 Å². The van der Waals surface area contributed by atoms with Gasteiger partial charge < -0.3 is 14.8 Å². The summed E-state index contributed by atoms with van der Waals surface area (Å²) in [5.74, 6) is 2.54. The Kier molecular flexibility index (Phi) is 4.62. The van der Waals surface area contributed by atoms with Crippen LogP contribution in [0.15, 0.2) is 18.2 Å². The number of nitrogens with one attached hydrogen (secondary N) is 1. The summed E-state index contributed by atoms with van der Waals surface area (Å²) in [5.41, 5.74) is 1.30. The summed E-state index contributed by atoms with van der Waals surface area (Å²) in [6.07, 6.45) is 7.39. The second kappa shape index (κ2) is 6.49. The van der Waals surface area contributed by atoms with Crippen LogP contribution in [0.3, 0.4) is 0 Å². The molecule has 0 bridgehead atoms. The van der Waals surface area contributed by atoms with Crippen LogP contribution in [0.5, 0.6) is 11.5 Å². The van der Waals surface area contributed by atoms with Crippen molar-refractivity contribution in [3.8, 4) is 11.5 Å². The predicted octanol–water partition coefficient (Wildman–Crippen LogP) is 4.47. The normalized spacial score (nSPS) is 23.2. The van der Waals surface area contributed by atoms with Crippen LogP contribution in [0, 0.1) is 5.92 Å². The van der Waals surface area contributed by atoms with E-state index in [0.29, 0.717) is 12.0 Å². The molecule has 0 aromatic heterocycles. The van der Waals surface area contributed by atoms with Crippen molar-refractivity contribution in [2.75, 3.05) is 13.7 Å². The zero-order valence-electron chi connectivity index (χ0n) is 14.2. The molecule has 3 heteroatoms. The standard InChI is InChI=1S/C19H29NO2/c1-14(2)13-21-15-7-8-18-16(11-15)17(20-3)12-19(22-18)9-5-4-6-10-19/h7-8,11,14,17,20H,4-6,9-10,12-13H2,1-3H3. The first-order valence-electron chi connectivity index (χ1n) is 8.75. The first-order valence-corrected chi connectivity index (χ1v) is 8.75. The third kappa shape index (κ3) is 3.24. The zero-order chi connectivity index (χ0) is 15.6. The van der Waals surface area contributed by atoms with E-state index in [1.165, 1.54) is 37.7 Å². The molecule has 1 aromatic rings. The van der Waals surface area contributed by atoms with Gasteiger partial charge in [-0.25, -0.2) is 0 Å². The third-order valence-corrected chi connectivity index (χ3v) is 4.96. The molecule has 1 spiro atoms. The van der Waals surface area contributed by atoms with Gasteiger partial charge in [0.1, 0.15) is 17.1 Å². The summed E-state index contributed by atoms with van der Waals surface area (Å²) in [6.45, 7) is 5.10. The molecule has 1 fully saturated rings. The first-order chi connectivity index (χ1) is 10.6. The van der Waals surface area contributed by atoms with Gasteiger partial charge in [0, 0.05) is 18.0 Å². The SMILES string of the molecule is CNC1CC2(CCCCC2)Oc2ccc(OCC(C)C)cc21. The number of fused-ring (bicyclic) bond motifs is 1. The summed E-state index contributed by atoms with van der Waals surface area (Å²) in [6, 6.07) is 6.68. The smallest absolute Gasteiger partial charge is 0.125 e. The molecule has 2 aliphatic rings. The molecule has 3 nitrogen and oxygen atoms in total. The molecular weight excluding hydrogens is 274 g/mol. The molecule has 122 valence electrons. The van der Waals surface area contributed by atoms with Crippen molar-refractivity contribution < 1.29 is 9.47 Å². The van der Waals surface area contributed by atoms with Gasteiger partial charge in [0.2, 0.25) is 0 Å². The van der Waals surface area contributed by atoms with Crippen molar-refractivity contribution in [1.29, 1.82) is 0 Å². The molecule has 1 N–H and O–H groups in total. The maximum atomic E-state index is 6.48. The summed E-state index contributed by atoms with van der Waals surface area (Å²) in [5, 5.41) is 3.49. The van der Waals surface area contributed by atoms with Crippen LogP contribution in [0.1, 0.15) is 64.0 Å². The van der Waals surface area contributed by atoms with E-state index in [1.807, 2.05) is 0 Å². The first kappa shape index (κ1) is 15.7. The Bertz CT molecular complexity index is 506. The largest absolute Gasteiger partial charge is 0.493 e. The highest BCUT2D eigenvalue weighted by Crippen LogP contribution is 2.46. The average molecular weight is 303 g/mol. The molecule has 1 aliphatic heterocycles. The highest BCUT2D eigenvalue weighted by atomic mass is 16.5. The van der Waals surface area contributed by atoms with Crippen molar-refractivity contribution in [3.05, 3.63) is 23.8 Å². The topological polar surface area (TPSA) is 30.5 Å². The molecule has 1 unspecified atom stereocenters. The van der Waals surface area contributed by atoms with Crippen molar-refractivity contribution >= 4 is 0 Å². The number of hydrogen-bond acceptors (Lipinski definition) is 3. The Hall–Kier alpha value is -1.22. The fraction of sp³-hybridized carbons (Fsp3) is 0.684. The van der Waals surface area contributed by atoms with Crippen LogP contribution in [0.25, 0.3) is 0 Å². The molecule has 0 radical (unpaired) electrons. The van der Waals surface area contributed by atoms with E-state index in [0.717, 1.165) is 24.5 Å². The van der Waals surface area contributed by atoms with E-state index in [9.17, 15) is 0 Å². The van der Waals surface area contributed by atoms with Crippen molar-refractivity contribution in [3.63, 3.8) is 0 Å². The van der Waals surface area contributed by atoms with Crippen LogP contribution in [-0.2, 0) is 0 Å². The number of benzene rings is 1. The van der Waals surface area contributed by atoms with E-state index in [2.05, 4.69) is 44.4 Å². The number of rotatable bonds is 4. The second-order valence-electron chi connectivity index (χ2n) is 7.30. The van der Waals surface area contributed by atoms with Gasteiger partial charge >= 0.3 is 0 Å². The van der Waals surface area contributed by atoms with Gasteiger partial charge in [0.25, 0.3) is 0 Å². The maximum Gasteiger partial charge on any atom is 0.125 e. The van der Waals surface area contributed by atoms with Crippen LogP contribution in [0.2, 0.25) is 0 Å². The minimum Gasteiger partial charge on any atom is -0.493 e. The average Bonchev–Trinajstić information content (AvgIpc) is 2.53. The molecule has 1 saturated carbocycles. The summed E-state index contributed by atoms with van der Waals surface area (Å²) in [4.78, 5) is 0. The summed E-state index contributed by atoms with van der Waals surface area (Å²) in [7, 11) is 2.05. The van der Waals surface area contributed by atoms with Crippen LogP contribution in [-0.4, -0.2) is 19.3 Å². The lowest BCUT2D eigenvalue weighted by Crippen LogP contribution is -2.45. The van der Waals surface area contributed by atoms with Crippen molar-refractivity contribution in [2.24, 2.45) is 5.92 Å². The predicted molar refractivity (Wildman–Crippen MR) is 89.6 cm³/mol. The lowest BCUT2D eigenvalue weighted by Gasteiger charge is -2.44. The van der Waals surface area contributed by atoms with Gasteiger partial charge in [-0.1, -0.05) is 20.3 Å². The minimum absolute atomic E-state index is 0.0548. The Morgan fingerprint density at radius 1 is 1.27 bits per heavy atom. The minimum atomic E-state index is 0.0548. The van der Waals surface area contributed by atoms with Crippen molar-refractivity contribution in [1.82, 2.24) is 5.32 Å². The van der Waals surface area contributed by atoms with Crippen LogP contribution in [0.4, 0.5) is 0 Å². The third-order valence-electron chi connectivity index (χ3n) is 4.96. The fourth-order valence-electron chi connectivity index (χ4n) is 3.76. The van der Waals surface area contributed by atoms with E-state index < -0.39 is 0 Å².